The van der Waals surface area contributed by atoms with Crippen LogP contribution >= 0.6 is 31.9 Å². The molecule has 0 aliphatic heterocycles. The third-order valence-corrected chi connectivity index (χ3v) is 5.62. The van der Waals surface area contributed by atoms with Crippen LogP contribution in [0, 0.1) is 17.7 Å². The minimum absolute atomic E-state index is 0.189. The quantitative estimate of drug-likeness (QED) is 0.578. The second kappa shape index (κ2) is 5.83. The lowest BCUT2D eigenvalue weighted by molar-refractivity contribution is 0.287. The number of halogens is 3. The summed E-state index contributed by atoms with van der Waals surface area (Å²) in [4.78, 5) is 0.354. The SMILES string of the molecule is CC1CCC(C(Br)c2ccc(F)c(Br)c2)CC1. The van der Waals surface area contributed by atoms with Crippen LogP contribution in [0.1, 0.15) is 43.0 Å². The van der Waals surface area contributed by atoms with Gasteiger partial charge in [0.15, 0.2) is 0 Å². The Morgan fingerprint density at radius 1 is 1.24 bits per heavy atom. The topological polar surface area (TPSA) is 0 Å². The summed E-state index contributed by atoms with van der Waals surface area (Å²) in [6.45, 7) is 2.33. The van der Waals surface area contributed by atoms with Crippen molar-refractivity contribution in [1.29, 1.82) is 0 Å². The normalized spacial score (nSPS) is 26.8. The molecule has 2 rings (SSSR count). The second-order valence-electron chi connectivity index (χ2n) is 5.10. The molecule has 1 fully saturated rings. The Labute approximate surface area is 119 Å². The molecule has 1 aromatic carbocycles. The maximum Gasteiger partial charge on any atom is 0.137 e. The van der Waals surface area contributed by atoms with Gasteiger partial charge in [0.2, 0.25) is 0 Å². The Balaban J connectivity index is 2.08. The Morgan fingerprint density at radius 2 is 1.88 bits per heavy atom. The van der Waals surface area contributed by atoms with E-state index in [0.29, 0.717) is 15.2 Å². The first-order valence-electron chi connectivity index (χ1n) is 6.17. The molecule has 1 unspecified atom stereocenters. The Bertz CT molecular complexity index is 384. The van der Waals surface area contributed by atoms with Gasteiger partial charge in [0, 0.05) is 4.83 Å². The van der Waals surface area contributed by atoms with Crippen LogP contribution in [-0.2, 0) is 0 Å². The Hall–Kier alpha value is 0.110. The van der Waals surface area contributed by atoms with E-state index in [4.69, 9.17) is 0 Å². The summed E-state index contributed by atoms with van der Waals surface area (Å²) >= 11 is 7.03. The lowest BCUT2D eigenvalue weighted by atomic mass is 9.80. The van der Waals surface area contributed by atoms with Gasteiger partial charge in [0.25, 0.3) is 0 Å². The molecule has 0 bridgehead atoms. The summed E-state index contributed by atoms with van der Waals surface area (Å²) in [5.74, 6) is 1.36. The third-order valence-electron chi connectivity index (χ3n) is 3.74. The minimum atomic E-state index is -0.189. The van der Waals surface area contributed by atoms with Crippen LogP contribution in [-0.4, -0.2) is 0 Å². The zero-order valence-corrected chi connectivity index (χ0v) is 13.1. The number of alkyl halides is 1. The van der Waals surface area contributed by atoms with Gasteiger partial charge in [-0.05, 0) is 58.3 Å². The molecule has 0 saturated heterocycles. The summed E-state index contributed by atoms with van der Waals surface area (Å²) in [5.41, 5.74) is 1.18. The van der Waals surface area contributed by atoms with E-state index in [2.05, 4.69) is 38.8 Å². The Kier molecular flexibility index (Phi) is 4.65. The molecule has 0 radical (unpaired) electrons. The molecule has 0 amide bonds. The first kappa shape index (κ1) is 13.5. The van der Waals surface area contributed by atoms with Crippen molar-refractivity contribution >= 4 is 31.9 Å². The van der Waals surface area contributed by atoms with Crippen LogP contribution in [0.2, 0.25) is 0 Å². The molecule has 1 aliphatic rings. The number of hydrogen-bond acceptors (Lipinski definition) is 0. The summed E-state index contributed by atoms with van der Waals surface area (Å²) in [5, 5.41) is 0. The minimum Gasteiger partial charge on any atom is -0.206 e. The van der Waals surface area contributed by atoms with Crippen molar-refractivity contribution in [3.8, 4) is 0 Å². The van der Waals surface area contributed by atoms with Crippen molar-refractivity contribution in [2.24, 2.45) is 11.8 Å². The van der Waals surface area contributed by atoms with Crippen LogP contribution in [0.15, 0.2) is 22.7 Å². The fourth-order valence-electron chi connectivity index (χ4n) is 2.53. The van der Waals surface area contributed by atoms with Gasteiger partial charge in [-0.15, -0.1) is 0 Å². The predicted octanol–water partition coefficient (Wildman–Crippen LogP) is 5.85. The van der Waals surface area contributed by atoms with Gasteiger partial charge in [-0.2, -0.15) is 0 Å². The monoisotopic (exact) mass is 362 g/mol. The third kappa shape index (κ3) is 3.31. The van der Waals surface area contributed by atoms with Crippen molar-refractivity contribution < 1.29 is 4.39 Å². The zero-order valence-electron chi connectivity index (χ0n) is 9.93. The van der Waals surface area contributed by atoms with Gasteiger partial charge in [-0.1, -0.05) is 41.8 Å². The second-order valence-corrected chi connectivity index (χ2v) is 6.94. The van der Waals surface area contributed by atoms with Gasteiger partial charge in [0.1, 0.15) is 5.82 Å². The van der Waals surface area contributed by atoms with Crippen LogP contribution in [0.3, 0.4) is 0 Å². The summed E-state index contributed by atoms with van der Waals surface area (Å²) in [7, 11) is 0. The molecule has 3 heteroatoms. The van der Waals surface area contributed by atoms with E-state index in [1.165, 1.54) is 31.2 Å². The lowest BCUT2D eigenvalue weighted by Gasteiger charge is -2.30. The molecule has 0 N–H and O–H groups in total. The molecule has 94 valence electrons. The molecule has 1 aliphatic carbocycles. The van der Waals surface area contributed by atoms with Gasteiger partial charge >= 0.3 is 0 Å². The highest BCUT2D eigenvalue weighted by atomic mass is 79.9. The van der Waals surface area contributed by atoms with Crippen LogP contribution in [0.5, 0.6) is 0 Å². The highest BCUT2D eigenvalue weighted by Crippen LogP contribution is 2.42. The molecule has 0 aromatic heterocycles. The summed E-state index contributed by atoms with van der Waals surface area (Å²) in [6, 6.07) is 5.32. The number of rotatable bonds is 2. The van der Waals surface area contributed by atoms with E-state index >= 15 is 0 Å². The zero-order chi connectivity index (χ0) is 12.4. The van der Waals surface area contributed by atoms with Gasteiger partial charge in [0.05, 0.1) is 4.47 Å². The highest BCUT2D eigenvalue weighted by Gasteiger charge is 2.25. The van der Waals surface area contributed by atoms with E-state index < -0.39 is 0 Å². The fourth-order valence-corrected chi connectivity index (χ4v) is 3.74. The molecular weight excluding hydrogens is 347 g/mol. The van der Waals surface area contributed by atoms with Crippen molar-refractivity contribution in [1.82, 2.24) is 0 Å². The largest absolute Gasteiger partial charge is 0.206 e. The van der Waals surface area contributed by atoms with Crippen molar-refractivity contribution in [2.75, 3.05) is 0 Å². The lowest BCUT2D eigenvalue weighted by Crippen LogP contribution is -2.16. The van der Waals surface area contributed by atoms with Crippen molar-refractivity contribution in [3.05, 3.63) is 34.1 Å². The highest BCUT2D eigenvalue weighted by molar-refractivity contribution is 9.10. The molecular formula is C14H17Br2F. The van der Waals surface area contributed by atoms with Gasteiger partial charge in [-0.3, -0.25) is 0 Å². The van der Waals surface area contributed by atoms with Gasteiger partial charge < -0.3 is 0 Å². The van der Waals surface area contributed by atoms with Crippen LogP contribution < -0.4 is 0 Å². The summed E-state index contributed by atoms with van der Waals surface area (Å²) in [6.07, 6.45) is 5.17. The predicted molar refractivity (Wildman–Crippen MR) is 76.9 cm³/mol. The molecule has 1 aromatic rings. The van der Waals surface area contributed by atoms with E-state index in [9.17, 15) is 4.39 Å². The standard InChI is InChI=1S/C14H17Br2F/c1-9-2-4-10(5-3-9)14(16)11-6-7-13(17)12(15)8-11/h6-10,14H,2-5H2,1H3. The number of hydrogen-bond donors (Lipinski definition) is 0. The van der Waals surface area contributed by atoms with Crippen molar-refractivity contribution in [2.45, 2.75) is 37.4 Å². The molecule has 0 nitrogen and oxygen atoms in total. The van der Waals surface area contributed by atoms with E-state index in [1.807, 2.05) is 12.1 Å². The molecule has 0 spiro atoms. The average Bonchev–Trinajstić information content (AvgIpc) is 2.33. The molecule has 1 atom stereocenters. The maximum atomic E-state index is 13.2. The van der Waals surface area contributed by atoms with E-state index in [0.717, 1.165) is 5.92 Å². The average molecular weight is 364 g/mol. The maximum absolute atomic E-state index is 13.2. The van der Waals surface area contributed by atoms with E-state index in [1.54, 1.807) is 6.07 Å². The fraction of sp³-hybridized carbons (Fsp3) is 0.571. The molecule has 17 heavy (non-hydrogen) atoms. The smallest absolute Gasteiger partial charge is 0.137 e. The van der Waals surface area contributed by atoms with Crippen LogP contribution in [0.4, 0.5) is 4.39 Å². The molecule has 0 heterocycles. The van der Waals surface area contributed by atoms with Gasteiger partial charge in [-0.25, -0.2) is 4.39 Å². The number of benzene rings is 1. The molecule has 1 saturated carbocycles. The first-order chi connectivity index (χ1) is 8.08. The van der Waals surface area contributed by atoms with Crippen molar-refractivity contribution in [3.63, 3.8) is 0 Å². The Morgan fingerprint density at radius 3 is 2.47 bits per heavy atom. The van der Waals surface area contributed by atoms with E-state index in [-0.39, 0.29) is 5.82 Å². The first-order valence-corrected chi connectivity index (χ1v) is 7.88. The van der Waals surface area contributed by atoms with Crippen LogP contribution in [0.25, 0.3) is 0 Å². The summed E-state index contributed by atoms with van der Waals surface area (Å²) < 4.78 is 13.8.